The molecular formula is C20H28N2O2. The number of benzene rings is 1. The Kier molecular flexibility index (Phi) is 4.30. The second-order valence-electron chi connectivity index (χ2n) is 7.30. The first kappa shape index (κ1) is 17.2. The number of hydrogen-bond acceptors (Lipinski definition) is 4. The highest BCUT2D eigenvalue weighted by molar-refractivity contribution is 6.00. The molecule has 2 saturated heterocycles. The number of piperidine rings is 1. The molecule has 0 N–H and O–H groups in total. The van der Waals surface area contributed by atoms with E-state index in [4.69, 9.17) is 4.84 Å². The Labute approximate surface area is 145 Å². The Morgan fingerprint density at radius 3 is 2.21 bits per heavy atom. The number of aryl methyl sites for hydroxylation is 3. The number of likely N-dealkylation sites (N-methyl/N-ethyl adjacent to an activating group) is 1. The number of Topliss-reactive ketones (excluding diaryl/α,β-unsaturated/α-hetero) is 1. The zero-order chi connectivity index (χ0) is 17.6. The van der Waals surface area contributed by atoms with Crippen LogP contribution in [-0.2, 0) is 9.63 Å². The summed E-state index contributed by atoms with van der Waals surface area (Å²) in [5, 5.41) is 1.94. The summed E-state index contributed by atoms with van der Waals surface area (Å²) in [7, 11) is 3.72. The number of ketones is 1. The third-order valence-electron chi connectivity index (χ3n) is 5.96. The first-order chi connectivity index (χ1) is 11.3. The Bertz CT molecular complexity index is 664. The molecular weight excluding hydrogens is 300 g/mol. The summed E-state index contributed by atoms with van der Waals surface area (Å²) in [4.78, 5) is 21.0. The minimum atomic E-state index is -0.430. The van der Waals surface area contributed by atoms with E-state index in [0.717, 1.165) is 37.2 Å². The van der Waals surface area contributed by atoms with Crippen LogP contribution in [-0.4, -0.2) is 48.5 Å². The van der Waals surface area contributed by atoms with Crippen molar-refractivity contribution >= 4 is 5.78 Å². The molecule has 0 amide bonds. The minimum absolute atomic E-state index is 0.218. The van der Waals surface area contributed by atoms with E-state index in [9.17, 15) is 4.79 Å². The van der Waals surface area contributed by atoms with Crippen molar-refractivity contribution in [3.63, 3.8) is 0 Å². The Hall–Kier alpha value is -1.65. The van der Waals surface area contributed by atoms with Crippen LogP contribution in [0, 0.1) is 20.8 Å². The monoisotopic (exact) mass is 328 g/mol. The number of carbonyl (C=O) groups is 1. The van der Waals surface area contributed by atoms with Gasteiger partial charge in [0.2, 0.25) is 0 Å². The highest BCUT2D eigenvalue weighted by Crippen LogP contribution is 2.48. The van der Waals surface area contributed by atoms with Gasteiger partial charge in [0.15, 0.2) is 5.78 Å². The number of allylic oxidation sites excluding steroid dienone is 1. The summed E-state index contributed by atoms with van der Waals surface area (Å²) in [5.74, 6) is 0.0884. The Morgan fingerprint density at radius 2 is 1.71 bits per heavy atom. The van der Waals surface area contributed by atoms with Crippen LogP contribution in [0.25, 0.3) is 0 Å². The lowest BCUT2D eigenvalue weighted by molar-refractivity contribution is -0.162. The number of rotatable bonds is 2. The smallest absolute Gasteiger partial charge is 0.171 e. The van der Waals surface area contributed by atoms with E-state index in [1.807, 2.05) is 12.1 Å². The van der Waals surface area contributed by atoms with Gasteiger partial charge in [0.05, 0.1) is 13.0 Å². The number of hydroxylamine groups is 2. The van der Waals surface area contributed by atoms with Gasteiger partial charge in [0.25, 0.3) is 0 Å². The third-order valence-corrected chi connectivity index (χ3v) is 5.96. The molecule has 4 heteroatoms. The van der Waals surface area contributed by atoms with Crippen molar-refractivity contribution in [2.24, 2.45) is 0 Å². The summed E-state index contributed by atoms with van der Waals surface area (Å²) in [5.41, 5.74) is 5.26. The molecule has 24 heavy (non-hydrogen) atoms. The largest absolute Gasteiger partial charge is 0.365 e. The van der Waals surface area contributed by atoms with Gasteiger partial charge >= 0.3 is 0 Å². The summed E-state index contributed by atoms with van der Waals surface area (Å²) in [6.45, 7) is 12.2. The van der Waals surface area contributed by atoms with Crippen LogP contribution in [0.5, 0.6) is 0 Å². The van der Waals surface area contributed by atoms with Gasteiger partial charge in [-0.1, -0.05) is 24.3 Å². The van der Waals surface area contributed by atoms with E-state index in [2.05, 4.69) is 44.4 Å². The van der Waals surface area contributed by atoms with Crippen molar-refractivity contribution in [2.75, 3.05) is 27.2 Å². The number of nitrogens with zero attached hydrogens (tertiary/aromatic N) is 2. The number of likely N-dealkylation sites (tertiary alicyclic amines) is 1. The zero-order valence-electron chi connectivity index (χ0n) is 15.5. The van der Waals surface area contributed by atoms with Crippen LogP contribution in [0.3, 0.4) is 0 Å². The van der Waals surface area contributed by atoms with Crippen LogP contribution in [0.2, 0.25) is 0 Å². The SMILES string of the molecule is C=C1C(c2c(C)cc(C)cc2C)C(=O)C2(CCN(OC)CC2)N1C. The van der Waals surface area contributed by atoms with Crippen LogP contribution in [0.4, 0.5) is 0 Å². The number of carbonyl (C=O) groups excluding carboxylic acids is 1. The molecule has 3 rings (SSSR count). The molecule has 1 atom stereocenters. The molecule has 0 radical (unpaired) electrons. The van der Waals surface area contributed by atoms with Crippen molar-refractivity contribution in [3.8, 4) is 0 Å². The van der Waals surface area contributed by atoms with E-state index in [0.29, 0.717) is 5.78 Å². The van der Waals surface area contributed by atoms with Crippen molar-refractivity contribution in [1.82, 2.24) is 9.96 Å². The Morgan fingerprint density at radius 1 is 1.17 bits per heavy atom. The molecule has 2 aliphatic rings. The first-order valence-electron chi connectivity index (χ1n) is 8.65. The average molecular weight is 328 g/mol. The number of hydrogen-bond donors (Lipinski definition) is 0. The van der Waals surface area contributed by atoms with Gasteiger partial charge < -0.3 is 9.74 Å². The predicted octanol–water partition coefficient (Wildman–Crippen LogP) is 3.12. The average Bonchev–Trinajstić information content (AvgIpc) is 2.71. The van der Waals surface area contributed by atoms with E-state index in [1.54, 1.807) is 7.11 Å². The maximum atomic E-state index is 13.5. The van der Waals surface area contributed by atoms with Crippen LogP contribution < -0.4 is 0 Å². The normalized spacial score (nSPS) is 24.2. The third kappa shape index (κ3) is 2.40. The quantitative estimate of drug-likeness (QED) is 0.835. The van der Waals surface area contributed by atoms with Crippen LogP contribution in [0.1, 0.15) is 41.0 Å². The summed E-state index contributed by atoms with van der Waals surface area (Å²) >= 11 is 0. The van der Waals surface area contributed by atoms with Crippen LogP contribution in [0.15, 0.2) is 24.4 Å². The summed E-state index contributed by atoms with van der Waals surface area (Å²) < 4.78 is 0. The maximum Gasteiger partial charge on any atom is 0.171 e. The molecule has 0 aliphatic carbocycles. The second-order valence-corrected chi connectivity index (χ2v) is 7.30. The summed E-state index contributed by atoms with van der Waals surface area (Å²) in [6, 6.07) is 4.34. The van der Waals surface area contributed by atoms with Gasteiger partial charge in [0.1, 0.15) is 5.54 Å². The zero-order valence-corrected chi connectivity index (χ0v) is 15.5. The van der Waals surface area contributed by atoms with Gasteiger partial charge in [0, 0.05) is 25.8 Å². The molecule has 1 spiro atoms. The molecule has 0 saturated carbocycles. The van der Waals surface area contributed by atoms with Crippen molar-refractivity contribution in [1.29, 1.82) is 0 Å². The van der Waals surface area contributed by atoms with Gasteiger partial charge in [-0.15, -0.1) is 0 Å². The topological polar surface area (TPSA) is 32.8 Å². The summed E-state index contributed by atoms with van der Waals surface area (Å²) in [6.07, 6.45) is 1.57. The van der Waals surface area contributed by atoms with Gasteiger partial charge in [-0.25, -0.2) is 0 Å². The maximum absolute atomic E-state index is 13.5. The Balaban J connectivity index is 2.01. The molecule has 0 aromatic heterocycles. The molecule has 4 nitrogen and oxygen atoms in total. The standard InChI is InChI=1S/C20H28N2O2/c1-13-11-14(2)17(15(3)12-13)18-16(4)21(5)20(19(18)23)7-9-22(24-6)10-8-20/h11-12,18H,4,7-10H2,1-3,5-6H3. The molecule has 1 aromatic carbocycles. The lowest BCUT2D eigenvalue weighted by Gasteiger charge is -2.42. The first-order valence-corrected chi connectivity index (χ1v) is 8.65. The molecule has 130 valence electrons. The molecule has 2 aliphatic heterocycles. The van der Waals surface area contributed by atoms with Crippen molar-refractivity contribution in [3.05, 3.63) is 46.7 Å². The van der Waals surface area contributed by atoms with Crippen LogP contribution >= 0.6 is 0 Å². The second kappa shape index (κ2) is 6.01. The molecule has 0 bridgehead atoms. The lowest BCUT2D eigenvalue weighted by Crippen LogP contribution is -2.54. The highest BCUT2D eigenvalue weighted by atomic mass is 16.7. The van der Waals surface area contributed by atoms with E-state index >= 15 is 0 Å². The fraction of sp³-hybridized carbons (Fsp3) is 0.550. The molecule has 1 unspecified atom stereocenters. The van der Waals surface area contributed by atoms with E-state index < -0.39 is 5.54 Å². The van der Waals surface area contributed by atoms with Crippen molar-refractivity contribution < 1.29 is 9.63 Å². The lowest BCUT2D eigenvalue weighted by atomic mass is 9.78. The molecule has 2 fully saturated rings. The van der Waals surface area contributed by atoms with E-state index in [-0.39, 0.29) is 5.92 Å². The molecule has 2 heterocycles. The van der Waals surface area contributed by atoms with Gasteiger partial charge in [-0.3, -0.25) is 4.79 Å². The predicted molar refractivity (Wildman–Crippen MR) is 95.9 cm³/mol. The minimum Gasteiger partial charge on any atom is -0.365 e. The fourth-order valence-corrected chi connectivity index (χ4v) is 4.62. The fourth-order valence-electron chi connectivity index (χ4n) is 4.62. The van der Waals surface area contributed by atoms with Gasteiger partial charge in [-0.05, 0) is 50.3 Å². The molecule has 1 aromatic rings. The van der Waals surface area contributed by atoms with Gasteiger partial charge in [-0.2, -0.15) is 5.06 Å². The van der Waals surface area contributed by atoms with Crippen molar-refractivity contribution in [2.45, 2.75) is 45.1 Å². The van der Waals surface area contributed by atoms with E-state index in [1.165, 1.54) is 16.7 Å². The highest BCUT2D eigenvalue weighted by Gasteiger charge is 2.55.